The normalized spacial score (nSPS) is 27.5. The zero-order chi connectivity index (χ0) is 10.0. The summed E-state index contributed by atoms with van der Waals surface area (Å²) in [6.45, 7) is 2.85. The highest BCUT2D eigenvalue weighted by atomic mass is 16.5. The quantitative estimate of drug-likeness (QED) is 0.741. The van der Waals surface area contributed by atoms with E-state index in [4.69, 9.17) is 4.74 Å². The Bertz CT molecular complexity index is 314. The highest BCUT2D eigenvalue weighted by molar-refractivity contribution is 5.36. The zero-order valence-electron chi connectivity index (χ0n) is 8.49. The van der Waals surface area contributed by atoms with Gasteiger partial charge in [-0.1, -0.05) is 18.2 Å². The number of benzene rings is 1. The molecule has 0 aliphatic carbocycles. The lowest BCUT2D eigenvalue weighted by Gasteiger charge is -2.34. The Morgan fingerprint density at radius 3 is 2.71 bits per heavy atom. The molecule has 0 aromatic heterocycles. The first kappa shape index (κ1) is 9.53. The fourth-order valence-corrected chi connectivity index (χ4v) is 2.07. The minimum absolute atomic E-state index is 0.288. The van der Waals surface area contributed by atoms with Crippen molar-refractivity contribution in [2.75, 3.05) is 6.61 Å². The van der Waals surface area contributed by atoms with Crippen molar-refractivity contribution in [3.8, 4) is 5.75 Å². The van der Waals surface area contributed by atoms with Crippen LogP contribution in [0.5, 0.6) is 5.75 Å². The Hall–Kier alpha value is -1.02. The van der Waals surface area contributed by atoms with Gasteiger partial charge < -0.3 is 9.84 Å². The van der Waals surface area contributed by atoms with Crippen LogP contribution >= 0.6 is 0 Å². The fourth-order valence-electron chi connectivity index (χ4n) is 2.07. The van der Waals surface area contributed by atoms with Crippen LogP contribution in [0.3, 0.4) is 0 Å². The Morgan fingerprint density at radius 2 is 2.07 bits per heavy atom. The van der Waals surface area contributed by atoms with Crippen LogP contribution in [0.25, 0.3) is 0 Å². The van der Waals surface area contributed by atoms with Crippen molar-refractivity contribution in [2.24, 2.45) is 0 Å². The Balaban J connectivity index is 2.32. The first-order valence-corrected chi connectivity index (χ1v) is 5.15. The van der Waals surface area contributed by atoms with E-state index in [1.54, 1.807) is 6.07 Å². The Kier molecular flexibility index (Phi) is 2.46. The molecular weight excluding hydrogens is 176 g/mol. The van der Waals surface area contributed by atoms with E-state index in [1.807, 2.05) is 18.2 Å². The number of aromatic hydroxyl groups is 1. The van der Waals surface area contributed by atoms with Crippen LogP contribution in [0, 0.1) is 0 Å². The predicted octanol–water partition coefficient (Wildman–Crippen LogP) is 2.81. The highest BCUT2D eigenvalue weighted by Crippen LogP contribution is 2.38. The molecule has 2 heteroatoms. The summed E-state index contributed by atoms with van der Waals surface area (Å²) in [5.41, 5.74) is 0.628. The first-order valence-electron chi connectivity index (χ1n) is 5.15. The summed E-state index contributed by atoms with van der Waals surface area (Å²) in [5.74, 6) is 0.344. The number of phenols is 1. The number of hydrogen-bond acceptors (Lipinski definition) is 2. The molecule has 1 aliphatic rings. The van der Waals surface area contributed by atoms with Gasteiger partial charge in [0.2, 0.25) is 0 Å². The largest absolute Gasteiger partial charge is 0.508 e. The average Bonchev–Trinajstić information content (AvgIpc) is 2.19. The van der Waals surface area contributed by atoms with Gasteiger partial charge in [-0.3, -0.25) is 0 Å². The monoisotopic (exact) mass is 192 g/mol. The molecule has 14 heavy (non-hydrogen) atoms. The third-order valence-electron chi connectivity index (χ3n) is 2.94. The van der Waals surface area contributed by atoms with Crippen LogP contribution in [-0.4, -0.2) is 11.7 Å². The van der Waals surface area contributed by atoms with Gasteiger partial charge in [-0.15, -0.1) is 0 Å². The Morgan fingerprint density at radius 1 is 1.29 bits per heavy atom. The van der Waals surface area contributed by atoms with Gasteiger partial charge in [0.25, 0.3) is 0 Å². The molecule has 0 saturated carbocycles. The number of rotatable bonds is 1. The highest BCUT2D eigenvalue weighted by Gasteiger charge is 2.31. The Labute approximate surface area is 84.5 Å². The van der Waals surface area contributed by atoms with Crippen LogP contribution in [0.4, 0.5) is 0 Å². The minimum atomic E-state index is -0.288. The van der Waals surface area contributed by atoms with Crippen molar-refractivity contribution in [2.45, 2.75) is 31.8 Å². The number of hydrogen-bond donors (Lipinski definition) is 1. The summed E-state index contributed by atoms with van der Waals surface area (Å²) in [5, 5.41) is 9.75. The third kappa shape index (κ3) is 1.62. The molecule has 1 heterocycles. The van der Waals surface area contributed by atoms with Gasteiger partial charge in [-0.25, -0.2) is 0 Å². The molecule has 2 nitrogen and oxygen atoms in total. The SMILES string of the molecule is CC1(c2ccccc2O)CCCCO1. The molecule has 1 aromatic carbocycles. The maximum absolute atomic E-state index is 9.75. The van der Waals surface area contributed by atoms with Crippen LogP contribution in [0.15, 0.2) is 24.3 Å². The van der Waals surface area contributed by atoms with E-state index in [0.29, 0.717) is 5.75 Å². The first-order chi connectivity index (χ1) is 6.72. The second-order valence-electron chi connectivity index (χ2n) is 4.05. The third-order valence-corrected chi connectivity index (χ3v) is 2.94. The van der Waals surface area contributed by atoms with E-state index in [0.717, 1.165) is 25.0 Å². The molecule has 1 aromatic rings. The summed E-state index contributed by atoms with van der Waals surface area (Å²) in [7, 11) is 0. The van der Waals surface area contributed by atoms with Gasteiger partial charge in [-0.05, 0) is 32.3 Å². The van der Waals surface area contributed by atoms with Gasteiger partial charge in [0.05, 0.1) is 5.60 Å². The molecule has 1 N–H and O–H groups in total. The molecule has 1 saturated heterocycles. The summed E-state index contributed by atoms with van der Waals surface area (Å²) < 4.78 is 5.77. The van der Waals surface area contributed by atoms with Gasteiger partial charge in [0.1, 0.15) is 5.75 Å². The van der Waals surface area contributed by atoms with Crippen molar-refractivity contribution in [3.05, 3.63) is 29.8 Å². The molecule has 0 amide bonds. The van der Waals surface area contributed by atoms with E-state index < -0.39 is 0 Å². The van der Waals surface area contributed by atoms with E-state index in [1.165, 1.54) is 6.42 Å². The molecule has 1 unspecified atom stereocenters. The van der Waals surface area contributed by atoms with Crippen molar-refractivity contribution >= 4 is 0 Å². The molecule has 0 radical (unpaired) electrons. The fraction of sp³-hybridized carbons (Fsp3) is 0.500. The van der Waals surface area contributed by atoms with Gasteiger partial charge >= 0.3 is 0 Å². The van der Waals surface area contributed by atoms with Crippen molar-refractivity contribution in [1.82, 2.24) is 0 Å². The van der Waals surface area contributed by atoms with Crippen LogP contribution in [0.2, 0.25) is 0 Å². The molecule has 1 aliphatic heterocycles. The molecule has 76 valence electrons. The standard InChI is InChI=1S/C12H16O2/c1-12(8-4-5-9-14-12)10-6-2-3-7-11(10)13/h2-3,6-7,13H,4-5,8-9H2,1H3. The smallest absolute Gasteiger partial charge is 0.121 e. The van der Waals surface area contributed by atoms with Crippen molar-refractivity contribution in [1.29, 1.82) is 0 Å². The average molecular weight is 192 g/mol. The molecular formula is C12H16O2. The molecule has 0 bridgehead atoms. The van der Waals surface area contributed by atoms with E-state index in [2.05, 4.69) is 6.92 Å². The van der Waals surface area contributed by atoms with Crippen molar-refractivity contribution in [3.63, 3.8) is 0 Å². The molecule has 0 spiro atoms. The van der Waals surface area contributed by atoms with Gasteiger partial charge in [-0.2, -0.15) is 0 Å². The number of para-hydroxylation sites is 1. The number of ether oxygens (including phenoxy) is 1. The number of phenolic OH excluding ortho intramolecular Hbond substituents is 1. The lowest BCUT2D eigenvalue weighted by Crippen LogP contribution is -2.30. The maximum Gasteiger partial charge on any atom is 0.121 e. The lowest BCUT2D eigenvalue weighted by atomic mass is 9.88. The van der Waals surface area contributed by atoms with Crippen LogP contribution in [-0.2, 0) is 10.3 Å². The molecule has 2 rings (SSSR count). The lowest BCUT2D eigenvalue weighted by molar-refractivity contribution is -0.0712. The van der Waals surface area contributed by atoms with E-state index in [-0.39, 0.29) is 5.60 Å². The zero-order valence-corrected chi connectivity index (χ0v) is 8.49. The summed E-state index contributed by atoms with van der Waals surface area (Å²) >= 11 is 0. The second-order valence-corrected chi connectivity index (χ2v) is 4.05. The molecule has 1 atom stereocenters. The van der Waals surface area contributed by atoms with E-state index in [9.17, 15) is 5.11 Å². The predicted molar refractivity (Wildman–Crippen MR) is 55.3 cm³/mol. The topological polar surface area (TPSA) is 29.5 Å². The van der Waals surface area contributed by atoms with Crippen molar-refractivity contribution < 1.29 is 9.84 Å². The van der Waals surface area contributed by atoms with Crippen LogP contribution in [0.1, 0.15) is 31.7 Å². The van der Waals surface area contributed by atoms with Gasteiger partial charge in [0, 0.05) is 12.2 Å². The molecule has 1 fully saturated rings. The van der Waals surface area contributed by atoms with Crippen LogP contribution < -0.4 is 0 Å². The summed E-state index contributed by atoms with van der Waals surface area (Å²) in [4.78, 5) is 0. The van der Waals surface area contributed by atoms with E-state index >= 15 is 0 Å². The summed E-state index contributed by atoms with van der Waals surface area (Å²) in [6, 6.07) is 7.45. The summed E-state index contributed by atoms with van der Waals surface area (Å²) in [6.07, 6.45) is 3.29. The maximum atomic E-state index is 9.75. The minimum Gasteiger partial charge on any atom is -0.508 e. The van der Waals surface area contributed by atoms with Gasteiger partial charge in [0.15, 0.2) is 0 Å². The second kappa shape index (κ2) is 3.62.